The molecule has 1 aliphatic heterocycles. The maximum absolute atomic E-state index is 5.79. The highest BCUT2D eigenvalue weighted by Crippen LogP contribution is 2.20. The van der Waals surface area contributed by atoms with Crippen LogP contribution in [0.25, 0.3) is 0 Å². The number of H-pyrrole nitrogens is 1. The lowest BCUT2D eigenvalue weighted by Gasteiger charge is -2.31. The number of aromatic nitrogens is 4. The van der Waals surface area contributed by atoms with E-state index in [1.54, 1.807) is 0 Å². The topological polar surface area (TPSA) is 59.0 Å². The second-order valence-corrected chi connectivity index (χ2v) is 5.00. The lowest BCUT2D eigenvalue weighted by atomic mass is 10.2. The van der Waals surface area contributed by atoms with Gasteiger partial charge in [0, 0.05) is 44.4 Å². The van der Waals surface area contributed by atoms with E-state index in [0.29, 0.717) is 0 Å². The van der Waals surface area contributed by atoms with Crippen LogP contribution >= 0.6 is 0 Å². The van der Waals surface area contributed by atoms with Gasteiger partial charge in [-0.15, -0.1) is 0 Å². The summed E-state index contributed by atoms with van der Waals surface area (Å²) in [7, 11) is 2.02. The molecule has 1 atom stereocenters. The molecule has 2 aromatic rings. The fraction of sp³-hybridized carbons (Fsp3) is 0.538. The summed E-state index contributed by atoms with van der Waals surface area (Å²) in [6.07, 6.45) is 5.69. The molecular weight excluding hydrogens is 242 g/mol. The number of imidazole rings is 2. The third-order valence-electron chi connectivity index (χ3n) is 3.46. The molecule has 19 heavy (non-hydrogen) atoms. The third kappa shape index (κ3) is 2.69. The molecule has 0 amide bonds. The maximum Gasteiger partial charge on any atom is 0.136 e. The van der Waals surface area contributed by atoms with Crippen LogP contribution in [0.4, 0.5) is 0 Å². The van der Waals surface area contributed by atoms with Crippen molar-refractivity contribution in [2.75, 3.05) is 19.7 Å². The molecule has 102 valence electrons. The summed E-state index contributed by atoms with van der Waals surface area (Å²) in [6.45, 7) is 5.37. The van der Waals surface area contributed by atoms with Crippen molar-refractivity contribution in [3.8, 4) is 0 Å². The van der Waals surface area contributed by atoms with Crippen LogP contribution in [0.15, 0.2) is 18.6 Å². The Morgan fingerprint density at radius 1 is 1.47 bits per heavy atom. The third-order valence-corrected chi connectivity index (χ3v) is 3.46. The van der Waals surface area contributed by atoms with Crippen LogP contribution in [0.5, 0.6) is 0 Å². The first-order valence-electron chi connectivity index (χ1n) is 6.54. The standard InChI is InChI=1S/C13H19N5O/c1-10-7-15-13(16-10)11-8-18(5-6-19-11)9-12-14-3-4-17(12)2/h3-4,7,11H,5-6,8-9H2,1-2H3,(H,15,16)/t11-/m0/s1. The van der Waals surface area contributed by atoms with Gasteiger partial charge in [-0.05, 0) is 6.92 Å². The maximum atomic E-state index is 5.79. The van der Waals surface area contributed by atoms with Gasteiger partial charge in [-0.1, -0.05) is 0 Å². The fourth-order valence-corrected chi connectivity index (χ4v) is 2.36. The average Bonchev–Trinajstić information content (AvgIpc) is 3.00. The quantitative estimate of drug-likeness (QED) is 0.896. The Bertz CT molecular complexity index is 547. The molecule has 0 spiro atoms. The highest BCUT2D eigenvalue weighted by atomic mass is 16.5. The van der Waals surface area contributed by atoms with Crippen molar-refractivity contribution in [3.05, 3.63) is 35.9 Å². The Kier molecular flexibility index (Phi) is 3.35. The molecule has 0 aliphatic carbocycles. The molecule has 1 aliphatic rings. The predicted molar refractivity (Wildman–Crippen MR) is 70.5 cm³/mol. The number of aromatic amines is 1. The largest absolute Gasteiger partial charge is 0.368 e. The number of hydrogen-bond donors (Lipinski definition) is 1. The van der Waals surface area contributed by atoms with Gasteiger partial charge >= 0.3 is 0 Å². The highest BCUT2D eigenvalue weighted by molar-refractivity contribution is 5.03. The number of rotatable bonds is 3. The Balaban J connectivity index is 1.66. The lowest BCUT2D eigenvalue weighted by Crippen LogP contribution is -2.38. The molecule has 0 bridgehead atoms. The van der Waals surface area contributed by atoms with Crippen LogP contribution in [0.2, 0.25) is 0 Å². The van der Waals surface area contributed by atoms with Crippen molar-refractivity contribution in [3.63, 3.8) is 0 Å². The SMILES string of the molecule is Cc1cnc([C@@H]2CN(Cc3nccn3C)CCO2)[nH]1. The van der Waals surface area contributed by atoms with Gasteiger partial charge in [0.2, 0.25) is 0 Å². The first kappa shape index (κ1) is 12.4. The first-order valence-corrected chi connectivity index (χ1v) is 6.54. The van der Waals surface area contributed by atoms with E-state index in [0.717, 1.165) is 43.6 Å². The number of hydrogen-bond acceptors (Lipinski definition) is 4. The minimum atomic E-state index is 0.0303. The highest BCUT2D eigenvalue weighted by Gasteiger charge is 2.24. The van der Waals surface area contributed by atoms with Crippen LogP contribution in [-0.2, 0) is 18.3 Å². The molecule has 1 saturated heterocycles. The normalized spacial score (nSPS) is 20.8. The van der Waals surface area contributed by atoms with Gasteiger partial charge in [-0.25, -0.2) is 9.97 Å². The van der Waals surface area contributed by atoms with Crippen molar-refractivity contribution in [1.29, 1.82) is 0 Å². The summed E-state index contributed by atoms with van der Waals surface area (Å²) in [6, 6.07) is 0. The van der Waals surface area contributed by atoms with Gasteiger partial charge in [0.1, 0.15) is 17.8 Å². The second kappa shape index (κ2) is 5.14. The van der Waals surface area contributed by atoms with Gasteiger partial charge in [0.25, 0.3) is 0 Å². The van der Waals surface area contributed by atoms with Crippen molar-refractivity contribution >= 4 is 0 Å². The van der Waals surface area contributed by atoms with Crippen molar-refractivity contribution in [2.24, 2.45) is 7.05 Å². The number of nitrogens with zero attached hydrogens (tertiary/aromatic N) is 4. The molecule has 0 aromatic carbocycles. The molecule has 1 N–H and O–H groups in total. The van der Waals surface area contributed by atoms with Crippen LogP contribution in [0.1, 0.15) is 23.4 Å². The number of nitrogens with one attached hydrogen (secondary N) is 1. The van der Waals surface area contributed by atoms with E-state index in [-0.39, 0.29) is 6.10 Å². The van der Waals surface area contributed by atoms with E-state index in [2.05, 4.69) is 24.4 Å². The zero-order valence-electron chi connectivity index (χ0n) is 11.3. The van der Waals surface area contributed by atoms with Gasteiger partial charge in [0.15, 0.2) is 0 Å². The summed E-state index contributed by atoms with van der Waals surface area (Å²) in [5, 5.41) is 0. The van der Waals surface area contributed by atoms with E-state index >= 15 is 0 Å². The average molecular weight is 261 g/mol. The molecular formula is C13H19N5O. The summed E-state index contributed by atoms with van der Waals surface area (Å²) in [4.78, 5) is 14.3. The molecule has 0 saturated carbocycles. The Morgan fingerprint density at radius 2 is 2.37 bits per heavy atom. The van der Waals surface area contributed by atoms with Crippen LogP contribution in [-0.4, -0.2) is 44.1 Å². The first-order chi connectivity index (χ1) is 9.22. The van der Waals surface area contributed by atoms with E-state index in [1.807, 2.05) is 32.6 Å². The smallest absolute Gasteiger partial charge is 0.136 e. The summed E-state index contributed by atoms with van der Waals surface area (Å²) >= 11 is 0. The summed E-state index contributed by atoms with van der Waals surface area (Å²) in [5.74, 6) is 2.00. The van der Waals surface area contributed by atoms with E-state index in [9.17, 15) is 0 Å². The number of ether oxygens (including phenoxy) is 1. The monoisotopic (exact) mass is 261 g/mol. The van der Waals surface area contributed by atoms with Gasteiger partial charge in [0.05, 0.1) is 13.2 Å². The number of aryl methyl sites for hydroxylation is 2. The second-order valence-electron chi connectivity index (χ2n) is 5.00. The van der Waals surface area contributed by atoms with E-state index in [4.69, 9.17) is 4.74 Å². The minimum absolute atomic E-state index is 0.0303. The Hall–Kier alpha value is -1.66. The predicted octanol–water partition coefficient (Wildman–Crippen LogP) is 1.03. The van der Waals surface area contributed by atoms with Crippen LogP contribution < -0.4 is 0 Å². The van der Waals surface area contributed by atoms with E-state index < -0.39 is 0 Å². The van der Waals surface area contributed by atoms with Gasteiger partial charge < -0.3 is 14.3 Å². The van der Waals surface area contributed by atoms with Crippen molar-refractivity contribution in [1.82, 2.24) is 24.4 Å². The number of morpholine rings is 1. The van der Waals surface area contributed by atoms with E-state index in [1.165, 1.54) is 0 Å². The fourth-order valence-electron chi connectivity index (χ4n) is 2.36. The minimum Gasteiger partial charge on any atom is -0.368 e. The van der Waals surface area contributed by atoms with Crippen molar-refractivity contribution in [2.45, 2.75) is 19.6 Å². The van der Waals surface area contributed by atoms with Crippen LogP contribution in [0, 0.1) is 6.92 Å². The Morgan fingerprint density at radius 3 is 3.05 bits per heavy atom. The molecule has 2 aromatic heterocycles. The molecule has 0 radical (unpaired) electrons. The Labute approximate surface area is 112 Å². The molecule has 3 rings (SSSR count). The molecule has 6 nitrogen and oxygen atoms in total. The molecule has 3 heterocycles. The lowest BCUT2D eigenvalue weighted by molar-refractivity contribution is -0.0378. The van der Waals surface area contributed by atoms with Crippen molar-refractivity contribution < 1.29 is 4.74 Å². The molecule has 0 unspecified atom stereocenters. The summed E-state index contributed by atoms with van der Waals surface area (Å²) < 4.78 is 7.85. The summed E-state index contributed by atoms with van der Waals surface area (Å²) in [5.41, 5.74) is 1.07. The van der Waals surface area contributed by atoms with Gasteiger partial charge in [-0.2, -0.15) is 0 Å². The zero-order chi connectivity index (χ0) is 13.2. The van der Waals surface area contributed by atoms with Gasteiger partial charge in [-0.3, -0.25) is 4.90 Å². The molecule has 6 heteroatoms. The zero-order valence-corrected chi connectivity index (χ0v) is 11.3. The molecule has 1 fully saturated rings. The van der Waals surface area contributed by atoms with Crippen LogP contribution in [0.3, 0.4) is 0 Å².